The molecule has 0 radical (unpaired) electrons. The average Bonchev–Trinajstić information content (AvgIpc) is 3.10. The molecule has 1 atom stereocenters. The minimum Gasteiger partial charge on any atom is -0.462 e. The summed E-state index contributed by atoms with van der Waals surface area (Å²) < 4.78 is 10.2. The Bertz CT molecular complexity index is 821. The SMILES string of the molecule is CCOC(=O)c1c(C)[nH]c(C(=O)C(C)OC(=O)c2cc(Cl)c[nH]2)c1C. The number of esters is 2. The first-order valence-electron chi connectivity index (χ1n) is 7.71. The molecule has 0 fully saturated rings. The molecule has 0 aliphatic rings. The van der Waals surface area contributed by atoms with E-state index in [4.69, 9.17) is 21.1 Å². The molecule has 0 spiro atoms. The number of Topliss-reactive ketones (excluding diaryl/α,β-unsaturated/α-hetero) is 1. The van der Waals surface area contributed by atoms with E-state index in [0.29, 0.717) is 21.8 Å². The minimum absolute atomic E-state index is 0.149. The summed E-state index contributed by atoms with van der Waals surface area (Å²) in [6.07, 6.45) is 0.399. The molecular weight excluding hydrogens is 348 g/mol. The third-order valence-corrected chi connectivity index (χ3v) is 3.90. The number of rotatable bonds is 6. The second-order valence-corrected chi connectivity index (χ2v) is 5.93. The number of aromatic amines is 2. The van der Waals surface area contributed by atoms with Crippen LogP contribution in [0, 0.1) is 13.8 Å². The Labute approximate surface area is 149 Å². The Hall–Kier alpha value is -2.54. The van der Waals surface area contributed by atoms with Gasteiger partial charge in [-0.3, -0.25) is 4.79 Å². The maximum atomic E-state index is 12.6. The van der Waals surface area contributed by atoms with Crippen molar-refractivity contribution in [3.05, 3.63) is 45.5 Å². The van der Waals surface area contributed by atoms with E-state index >= 15 is 0 Å². The van der Waals surface area contributed by atoms with Gasteiger partial charge >= 0.3 is 11.9 Å². The zero-order valence-corrected chi connectivity index (χ0v) is 15.1. The largest absolute Gasteiger partial charge is 0.462 e. The van der Waals surface area contributed by atoms with E-state index in [9.17, 15) is 14.4 Å². The van der Waals surface area contributed by atoms with Crippen molar-refractivity contribution >= 4 is 29.3 Å². The van der Waals surface area contributed by atoms with Crippen LogP contribution in [0.15, 0.2) is 12.3 Å². The van der Waals surface area contributed by atoms with Crippen LogP contribution in [0.25, 0.3) is 0 Å². The van der Waals surface area contributed by atoms with Crippen LogP contribution < -0.4 is 0 Å². The second-order valence-electron chi connectivity index (χ2n) is 5.49. The van der Waals surface area contributed by atoms with E-state index in [1.165, 1.54) is 19.2 Å². The maximum absolute atomic E-state index is 12.6. The van der Waals surface area contributed by atoms with Crippen molar-refractivity contribution in [2.45, 2.75) is 33.8 Å². The van der Waals surface area contributed by atoms with Crippen LogP contribution in [0.3, 0.4) is 0 Å². The Morgan fingerprint density at radius 2 is 1.92 bits per heavy atom. The van der Waals surface area contributed by atoms with E-state index in [1.54, 1.807) is 20.8 Å². The van der Waals surface area contributed by atoms with Crippen molar-refractivity contribution in [2.75, 3.05) is 6.61 Å². The summed E-state index contributed by atoms with van der Waals surface area (Å²) >= 11 is 5.74. The first-order chi connectivity index (χ1) is 11.8. The van der Waals surface area contributed by atoms with Gasteiger partial charge in [-0.25, -0.2) is 9.59 Å². The molecule has 2 heterocycles. The molecule has 2 rings (SSSR count). The van der Waals surface area contributed by atoms with E-state index in [-0.39, 0.29) is 18.0 Å². The van der Waals surface area contributed by atoms with Gasteiger partial charge in [0.2, 0.25) is 5.78 Å². The fourth-order valence-electron chi connectivity index (χ4n) is 2.47. The molecule has 25 heavy (non-hydrogen) atoms. The van der Waals surface area contributed by atoms with E-state index < -0.39 is 23.8 Å². The van der Waals surface area contributed by atoms with Crippen LogP contribution in [0.2, 0.25) is 5.02 Å². The van der Waals surface area contributed by atoms with Gasteiger partial charge in [-0.05, 0) is 39.3 Å². The highest BCUT2D eigenvalue weighted by atomic mass is 35.5. The van der Waals surface area contributed by atoms with E-state index in [1.807, 2.05) is 0 Å². The first-order valence-corrected chi connectivity index (χ1v) is 8.09. The maximum Gasteiger partial charge on any atom is 0.355 e. The lowest BCUT2D eigenvalue weighted by molar-refractivity contribution is 0.0311. The lowest BCUT2D eigenvalue weighted by Crippen LogP contribution is -2.25. The Kier molecular flexibility index (Phi) is 5.69. The fourth-order valence-corrected chi connectivity index (χ4v) is 2.64. The smallest absolute Gasteiger partial charge is 0.355 e. The van der Waals surface area contributed by atoms with Crippen LogP contribution >= 0.6 is 11.6 Å². The zero-order chi connectivity index (χ0) is 18.7. The summed E-state index contributed by atoms with van der Waals surface area (Å²) in [6.45, 7) is 6.72. The number of ether oxygens (including phenoxy) is 2. The summed E-state index contributed by atoms with van der Waals surface area (Å²) in [5.74, 6) is -1.64. The molecule has 0 aliphatic heterocycles. The predicted molar refractivity (Wildman–Crippen MR) is 91.2 cm³/mol. The van der Waals surface area contributed by atoms with Gasteiger partial charge in [-0.15, -0.1) is 0 Å². The van der Waals surface area contributed by atoms with Crippen molar-refractivity contribution < 1.29 is 23.9 Å². The molecule has 0 aliphatic carbocycles. The molecule has 7 nitrogen and oxygen atoms in total. The third-order valence-electron chi connectivity index (χ3n) is 3.68. The summed E-state index contributed by atoms with van der Waals surface area (Å²) in [5.41, 5.74) is 1.67. The summed E-state index contributed by atoms with van der Waals surface area (Å²) in [7, 11) is 0. The van der Waals surface area contributed by atoms with Gasteiger partial charge in [0.1, 0.15) is 5.69 Å². The van der Waals surface area contributed by atoms with Crippen LogP contribution in [0.4, 0.5) is 0 Å². The third kappa shape index (κ3) is 3.93. The van der Waals surface area contributed by atoms with Crippen molar-refractivity contribution in [2.24, 2.45) is 0 Å². The standard InChI is InChI=1S/C17H19ClN2O5/c1-5-24-17(23)13-8(2)14(20-9(13)3)15(21)10(4)25-16(22)12-6-11(18)7-19-12/h6-7,10,19-20H,5H2,1-4H3. The highest BCUT2D eigenvalue weighted by molar-refractivity contribution is 6.30. The number of H-pyrrole nitrogens is 2. The summed E-state index contributed by atoms with van der Waals surface area (Å²) in [6, 6.07) is 1.41. The number of aromatic nitrogens is 2. The quantitative estimate of drug-likeness (QED) is 0.603. The lowest BCUT2D eigenvalue weighted by atomic mass is 10.1. The Morgan fingerprint density at radius 3 is 2.48 bits per heavy atom. The molecule has 2 N–H and O–H groups in total. The summed E-state index contributed by atoms with van der Waals surface area (Å²) in [5, 5.41) is 0.362. The first kappa shape index (κ1) is 18.8. The fraction of sp³-hybridized carbons (Fsp3) is 0.353. The molecule has 0 aromatic carbocycles. The number of carbonyl (C=O) groups is 3. The number of halogens is 1. The molecule has 0 saturated heterocycles. The molecule has 2 aromatic heterocycles. The second kappa shape index (κ2) is 7.57. The van der Waals surface area contributed by atoms with Gasteiger partial charge in [-0.2, -0.15) is 0 Å². The normalized spacial score (nSPS) is 11.9. The molecular formula is C17H19ClN2O5. The van der Waals surface area contributed by atoms with E-state index in [2.05, 4.69) is 9.97 Å². The van der Waals surface area contributed by atoms with Crippen LogP contribution in [0.5, 0.6) is 0 Å². The van der Waals surface area contributed by atoms with Crippen molar-refractivity contribution in [1.29, 1.82) is 0 Å². The molecule has 0 saturated carbocycles. The van der Waals surface area contributed by atoms with Crippen LogP contribution in [0.1, 0.15) is 56.4 Å². The van der Waals surface area contributed by atoms with Crippen molar-refractivity contribution in [3.63, 3.8) is 0 Å². The Morgan fingerprint density at radius 1 is 1.24 bits per heavy atom. The minimum atomic E-state index is -1.04. The van der Waals surface area contributed by atoms with Crippen LogP contribution in [-0.2, 0) is 9.47 Å². The number of ketones is 1. The monoisotopic (exact) mass is 366 g/mol. The molecule has 8 heteroatoms. The molecule has 0 bridgehead atoms. The number of hydrogen-bond acceptors (Lipinski definition) is 5. The number of hydrogen-bond donors (Lipinski definition) is 2. The van der Waals surface area contributed by atoms with Crippen molar-refractivity contribution in [1.82, 2.24) is 9.97 Å². The number of aryl methyl sites for hydroxylation is 1. The van der Waals surface area contributed by atoms with Crippen molar-refractivity contribution in [3.8, 4) is 0 Å². The van der Waals surface area contributed by atoms with Gasteiger partial charge < -0.3 is 19.4 Å². The van der Waals surface area contributed by atoms with Crippen LogP contribution in [-0.4, -0.2) is 40.4 Å². The number of nitrogens with one attached hydrogen (secondary N) is 2. The molecule has 1 unspecified atom stereocenters. The van der Waals surface area contributed by atoms with Gasteiger partial charge in [-0.1, -0.05) is 11.6 Å². The predicted octanol–water partition coefficient (Wildman–Crippen LogP) is 3.22. The number of carbonyl (C=O) groups excluding carboxylic acids is 3. The topological polar surface area (TPSA) is 101 Å². The zero-order valence-electron chi connectivity index (χ0n) is 14.4. The summed E-state index contributed by atoms with van der Waals surface area (Å²) in [4.78, 5) is 42.1. The lowest BCUT2D eigenvalue weighted by Gasteiger charge is -2.11. The molecule has 134 valence electrons. The van der Waals surface area contributed by atoms with Gasteiger partial charge in [0.15, 0.2) is 6.10 Å². The van der Waals surface area contributed by atoms with E-state index in [0.717, 1.165) is 0 Å². The molecule has 0 amide bonds. The highest BCUT2D eigenvalue weighted by Gasteiger charge is 2.28. The Balaban J connectivity index is 2.18. The van der Waals surface area contributed by atoms with Gasteiger partial charge in [0.05, 0.1) is 22.9 Å². The van der Waals surface area contributed by atoms with Gasteiger partial charge in [0.25, 0.3) is 0 Å². The highest BCUT2D eigenvalue weighted by Crippen LogP contribution is 2.21. The van der Waals surface area contributed by atoms with Gasteiger partial charge in [0, 0.05) is 11.9 Å². The average molecular weight is 367 g/mol. The molecule has 2 aromatic rings.